The third-order valence-electron chi connectivity index (χ3n) is 3.81. The standard InChI is InChI=1S/C16H17NO4S/c1-2-11-10(16(19)20)8-12(21-11)15(18)17-14(9-5-6-9)13-4-3-7-22-13/h3-4,7-9,14H,2,5-6H2,1H3,(H,17,18)(H,19,20). The Morgan fingerprint density at radius 1 is 1.50 bits per heavy atom. The molecule has 0 saturated heterocycles. The second kappa shape index (κ2) is 5.96. The van der Waals surface area contributed by atoms with Crippen LogP contribution in [0.3, 0.4) is 0 Å². The summed E-state index contributed by atoms with van der Waals surface area (Å²) in [5, 5.41) is 14.1. The Morgan fingerprint density at radius 3 is 2.77 bits per heavy atom. The number of carboxylic acids is 1. The number of aromatic carboxylic acids is 1. The van der Waals surface area contributed by atoms with E-state index in [1.807, 2.05) is 17.5 Å². The number of hydrogen-bond acceptors (Lipinski definition) is 4. The lowest BCUT2D eigenvalue weighted by atomic mass is 10.1. The first-order chi connectivity index (χ1) is 10.6. The molecule has 2 N–H and O–H groups in total. The van der Waals surface area contributed by atoms with Gasteiger partial charge in [-0.3, -0.25) is 4.79 Å². The van der Waals surface area contributed by atoms with Gasteiger partial charge in [0, 0.05) is 17.4 Å². The van der Waals surface area contributed by atoms with Crippen molar-refractivity contribution in [3.05, 3.63) is 45.5 Å². The van der Waals surface area contributed by atoms with Crippen LogP contribution >= 0.6 is 11.3 Å². The highest BCUT2D eigenvalue weighted by molar-refractivity contribution is 7.10. The zero-order valence-electron chi connectivity index (χ0n) is 12.2. The summed E-state index contributed by atoms with van der Waals surface area (Å²) in [5.74, 6) is -0.570. The first-order valence-electron chi connectivity index (χ1n) is 7.30. The summed E-state index contributed by atoms with van der Waals surface area (Å²) >= 11 is 1.61. The first-order valence-corrected chi connectivity index (χ1v) is 8.18. The molecule has 2 aromatic heterocycles. The minimum Gasteiger partial charge on any atom is -0.478 e. The highest BCUT2D eigenvalue weighted by Gasteiger charge is 2.35. The highest BCUT2D eigenvalue weighted by atomic mass is 32.1. The molecule has 1 fully saturated rings. The van der Waals surface area contributed by atoms with Crippen LogP contribution < -0.4 is 5.32 Å². The third-order valence-corrected chi connectivity index (χ3v) is 4.77. The van der Waals surface area contributed by atoms with Crippen LogP contribution in [-0.2, 0) is 6.42 Å². The van der Waals surface area contributed by atoms with Gasteiger partial charge in [-0.1, -0.05) is 13.0 Å². The second-order valence-corrected chi connectivity index (χ2v) is 6.39. The van der Waals surface area contributed by atoms with Crippen LogP contribution in [0, 0.1) is 5.92 Å². The molecule has 0 aliphatic heterocycles. The molecule has 116 valence electrons. The second-order valence-electron chi connectivity index (χ2n) is 5.41. The van der Waals surface area contributed by atoms with E-state index in [1.54, 1.807) is 18.3 Å². The number of rotatable bonds is 6. The molecule has 1 unspecified atom stereocenters. The summed E-state index contributed by atoms with van der Waals surface area (Å²) in [7, 11) is 0. The van der Waals surface area contributed by atoms with E-state index in [4.69, 9.17) is 9.52 Å². The van der Waals surface area contributed by atoms with Crippen LogP contribution in [0.4, 0.5) is 0 Å². The van der Waals surface area contributed by atoms with Crippen molar-refractivity contribution in [2.45, 2.75) is 32.2 Å². The van der Waals surface area contributed by atoms with Crippen molar-refractivity contribution in [3.8, 4) is 0 Å². The Hall–Kier alpha value is -2.08. The molecule has 6 heteroatoms. The molecular weight excluding hydrogens is 302 g/mol. The number of amides is 1. The molecule has 5 nitrogen and oxygen atoms in total. The topological polar surface area (TPSA) is 79.5 Å². The van der Waals surface area contributed by atoms with Gasteiger partial charge in [0.15, 0.2) is 5.76 Å². The molecule has 0 spiro atoms. The van der Waals surface area contributed by atoms with E-state index in [1.165, 1.54) is 6.07 Å². The zero-order valence-corrected chi connectivity index (χ0v) is 13.0. The van der Waals surface area contributed by atoms with Gasteiger partial charge in [-0.05, 0) is 30.2 Å². The number of carbonyl (C=O) groups is 2. The lowest BCUT2D eigenvalue weighted by Gasteiger charge is -2.15. The van der Waals surface area contributed by atoms with Gasteiger partial charge in [0.2, 0.25) is 0 Å². The quantitative estimate of drug-likeness (QED) is 0.854. The van der Waals surface area contributed by atoms with Gasteiger partial charge in [-0.25, -0.2) is 4.79 Å². The van der Waals surface area contributed by atoms with E-state index in [0.717, 1.165) is 17.7 Å². The molecule has 1 saturated carbocycles. The highest BCUT2D eigenvalue weighted by Crippen LogP contribution is 2.42. The summed E-state index contributed by atoms with van der Waals surface area (Å²) < 4.78 is 5.42. The van der Waals surface area contributed by atoms with Crippen LogP contribution in [-0.4, -0.2) is 17.0 Å². The largest absolute Gasteiger partial charge is 0.478 e. The smallest absolute Gasteiger partial charge is 0.339 e. The molecule has 1 aliphatic rings. The number of furan rings is 1. The maximum absolute atomic E-state index is 12.4. The van der Waals surface area contributed by atoms with Crippen LogP contribution in [0.15, 0.2) is 28.0 Å². The van der Waals surface area contributed by atoms with Crippen molar-refractivity contribution < 1.29 is 19.1 Å². The summed E-state index contributed by atoms with van der Waals surface area (Å²) in [4.78, 5) is 24.7. The SMILES string of the molecule is CCc1oc(C(=O)NC(c2cccs2)C2CC2)cc1C(=O)O. The van der Waals surface area contributed by atoms with Gasteiger partial charge in [0.05, 0.1) is 6.04 Å². The molecule has 0 aromatic carbocycles. The maximum Gasteiger partial charge on any atom is 0.339 e. The van der Waals surface area contributed by atoms with E-state index >= 15 is 0 Å². The molecule has 22 heavy (non-hydrogen) atoms. The number of nitrogens with one attached hydrogen (secondary N) is 1. The molecule has 0 bridgehead atoms. The van der Waals surface area contributed by atoms with Gasteiger partial charge >= 0.3 is 5.97 Å². The number of hydrogen-bond donors (Lipinski definition) is 2. The van der Waals surface area contributed by atoms with Gasteiger partial charge in [-0.2, -0.15) is 0 Å². The van der Waals surface area contributed by atoms with Crippen LogP contribution in [0.1, 0.15) is 57.4 Å². The van der Waals surface area contributed by atoms with E-state index in [-0.39, 0.29) is 23.3 Å². The zero-order chi connectivity index (χ0) is 15.7. The van der Waals surface area contributed by atoms with Crippen molar-refractivity contribution in [2.24, 2.45) is 5.92 Å². The fraction of sp³-hybridized carbons (Fsp3) is 0.375. The summed E-state index contributed by atoms with van der Waals surface area (Å²) in [6.45, 7) is 1.80. The summed E-state index contributed by atoms with van der Waals surface area (Å²) in [6.07, 6.45) is 2.63. The van der Waals surface area contributed by atoms with Gasteiger partial charge in [0.1, 0.15) is 11.3 Å². The first kappa shape index (κ1) is 14.8. The lowest BCUT2D eigenvalue weighted by Crippen LogP contribution is -2.29. The van der Waals surface area contributed by atoms with E-state index < -0.39 is 5.97 Å². The Kier molecular flexibility index (Phi) is 4.02. The lowest BCUT2D eigenvalue weighted by molar-refractivity contribution is 0.0694. The Bertz CT molecular complexity index is 685. The summed E-state index contributed by atoms with van der Waals surface area (Å²) in [5.41, 5.74) is 0.0618. The van der Waals surface area contributed by atoms with E-state index in [0.29, 0.717) is 18.1 Å². The van der Waals surface area contributed by atoms with Crippen molar-refractivity contribution in [2.75, 3.05) is 0 Å². The normalized spacial score (nSPS) is 15.5. The van der Waals surface area contributed by atoms with Gasteiger partial charge in [0.25, 0.3) is 5.91 Å². The fourth-order valence-corrected chi connectivity index (χ4v) is 3.39. The average molecular weight is 319 g/mol. The monoisotopic (exact) mass is 319 g/mol. The van der Waals surface area contributed by atoms with Crippen LogP contribution in [0.2, 0.25) is 0 Å². The average Bonchev–Trinajstić information content (AvgIpc) is 3.04. The molecule has 2 aromatic rings. The van der Waals surface area contributed by atoms with E-state index in [9.17, 15) is 9.59 Å². The molecule has 3 rings (SSSR count). The molecular formula is C16H17NO4S. The van der Waals surface area contributed by atoms with Gasteiger partial charge < -0.3 is 14.8 Å². The predicted octanol–water partition coefficient (Wildman–Crippen LogP) is 3.48. The van der Waals surface area contributed by atoms with Crippen LogP contribution in [0.5, 0.6) is 0 Å². The molecule has 0 radical (unpaired) electrons. The third kappa shape index (κ3) is 2.92. The van der Waals surface area contributed by atoms with Crippen molar-refractivity contribution >= 4 is 23.2 Å². The van der Waals surface area contributed by atoms with E-state index in [2.05, 4.69) is 5.32 Å². The van der Waals surface area contributed by atoms with Crippen molar-refractivity contribution in [1.82, 2.24) is 5.32 Å². The Balaban J connectivity index is 1.80. The van der Waals surface area contributed by atoms with Crippen LogP contribution in [0.25, 0.3) is 0 Å². The minimum absolute atomic E-state index is 0.0176. The fourth-order valence-electron chi connectivity index (χ4n) is 2.52. The number of carbonyl (C=O) groups excluding carboxylic acids is 1. The molecule has 1 aliphatic carbocycles. The van der Waals surface area contributed by atoms with Crippen molar-refractivity contribution in [3.63, 3.8) is 0 Å². The molecule has 2 heterocycles. The summed E-state index contributed by atoms with van der Waals surface area (Å²) in [6, 6.07) is 5.27. The van der Waals surface area contributed by atoms with Gasteiger partial charge in [-0.15, -0.1) is 11.3 Å². The molecule has 1 amide bonds. The Labute approximate surface area is 132 Å². The maximum atomic E-state index is 12.4. The van der Waals surface area contributed by atoms with Crippen molar-refractivity contribution in [1.29, 1.82) is 0 Å². The number of thiophene rings is 1. The predicted molar refractivity (Wildman–Crippen MR) is 82.3 cm³/mol. The number of aryl methyl sites for hydroxylation is 1. The molecule has 1 atom stereocenters. The number of carboxylic acid groups (broad SMARTS) is 1. The minimum atomic E-state index is -1.07. The Morgan fingerprint density at radius 2 is 2.27 bits per heavy atom.